The van der Waals surface area contributed by atoms with E-state index in [0.717, 1.165) is 23.2 Å². The summed E-state index contributed by atoms with van der Waals surface area (Å²) < 4.78 is 0. The number of aryl methyl sites for hydroxylation is 2. The quantitative estimate of drug-likeness (QED) is 0.665. The standard InChI is InChI=1S/C9H13NO/c1-4-8-6(2)5-7(3)10-9(8)11/h5H,4H2,1-3H3,(H,10,11). The van der Waals surface area contributed by atoms with Crippen molar-refractivity contribution in [1.82, 2.24) is 4.98 Å². The largest absolute Gasteiger partial charge is 0.493 e. The van der Waals surface area contributed by atoms with Crippen molar-refractivity contribution in [2.75, 3.05) is 0 Å². The minimum absolute atomic E-state index is 0.185. The Morgan fingerprint density at radius 2 is 2.09 bits per heavy atom. The Labute approximate surface area is 66.9 Å². The van der Waals surface area contributed by atoms with Gasteiger partial charge >= 0.3 is 0 Å². The first-order valence-corrected chi connectivity index (χ1v) is 3.81. The Kier molecular flexibility index (Phi) is 2.13. The molecule has 0 atom stereocenters. The van der Waals surface area contributed by atoms with E-state index in [2.05, 4.69) is 4.98 Å². The van der Waals surface area contributed by atoms with Crippen molar-refractivity contribution in [3.05, 3.63) is 22.9 Å². The van der Waals surface area contributed by atoms with E-state index >= 15 is 0 Å². The summed E-state index contributed by atoms with van der Waals surface area (Å²) in [5, 5.41) is 9.36. The first kappa shape index (κ1) is 8.05. The number of pyridine rings is 1. The van der Waals surface area contributed by atoms with Crippen LogP contribution in [0.1, 0.15) is 23.7 Å². The Balaban J connectivity index is 3.25. The smallest absolute Gasteiger partial charge is 0.214 e. The van der Waals surface area contributed by atoms with Crippen molar-refractivity contribution in [3.8, 4) is 5.88 Å². The van der Waals surface area contributed by atoms with Crippen LogP contribution in [-0.4, -0.2) is 10.1 Å². The monoisotopic (exact) mass is 151 g/mol. The third-order valence-corrected chi connectivity index (χ3v) is 1.81. The molecule has 0 saturated heterocycles. The Morgan fingerprint density at radius 1 is 1.45 bits per heavy atom. The normalized spacial score (nSPS) is 10.1. The van der Waals surface area contributed by atoms with Gasteiger partial charge in [-0.25, -0.2) is 4.98 Å². The number of hydrogen-bond acceptors (Lipinski definition) is 2. The summed E-state index contributed by atoms with van der Waals surface area (Å²) >= 11 is 0. The number of rotatable bonds is 1. The maximum Gasteiger partial charge on any atom is 0.214 e. The highest BCUT2D eigenvalue weighted by molar-refractivity contribution is 5.34. The third-order valence-electron chi connectivity index (χ3n) is 1.81. The molecule has 2 nitrogen and oxygen atoms in total. The van der Waals surface area contributed by atoms with Gasteiger partial charge in [-0.1, -0.05) is 6.92 Å². The second-order valence-corrected chi connectivity index (χ2v) is 2.74. The van der Waals surface area contributed by atoms with E-state index in [1.54, 1.807) is 0 Å². The molecule has 0 aliphatic heterocycles. The van der Waals surface area contributed by atoms with E-state index in [1.807, 2.05) is 26.8 Å². The van der Waals surface area contributed by atoms with Crippen LogP contribution in [0.4, 0.5) is 0 Å². The molecular formula is C9H13NO. The highest BCUT2D eigenvalue weighted by atomic mass is 16.3. The van der Waals surface area contributed by atoms with E-state index in [0.29, 0.717) is 0 Å². The molecular weight excluding hydrogens is 138 g/mol. The average Bonchev–Trinajstić information content (AvgIpc) is 1.85. The molecule has 0 amide bonds. The fourth-order valence-electron chi connectivity index (χ4n) is 1.28. The van der Waals surface area contributed by atoms with Gasteiger partial charge in [-0.2, -0.15) is 0 Å². The lowest BCUT2D eigenvalue weighted by atomic mass is 10.1. The molecule has 0 aliphatic rings. The van der Waals surface area contributed by atoms with Gasteiger partial charge in [0, 0.05) is 11.3 Å². The number of aromatic nitrogens is 1. The minimum Gasteiger partial charge on any atom is -0.493 e. The molecule has 2 heteroatoms. The summed E-state index contributed by atoms with van der Waals surface area (Å²) in [6, 6.07) is 1.98. The fourth-order valence-corrected chi connectivity index (χ4v) is 1.28. The van der Waals surface area contributed by atoms with Crippen LogP contribution in [-0.2, 0) is 6.42 Å². The van der Waals surface area contributed by atoms with Gasteiger partial charge in [0.25, 0.3) is 0 Å². The highest BCUT2D eigenvalue weighted by Crippen LogP contribution is 2.19. The van der Waals surface area contributed by atoms with Crippen LogP contribution in [0.15, 0.2) is 6.07 Å². The molecule has 0 aliphatic carbocycles. The van der Waals surface area contributed by atoms with Gasteiger partial charge in [0.1, 0.15) is 0 Å². The molecule has 0 aromatic carbocycles. The molecule has 0 bridgehead atoms. The zero-order valence-electron chi connectivity index (χ0n) is 7.18. The second kappa shape index (κ2) is 2.91. The fraction of sp³-hybridized carbons (Fsp3) is 0.444. The molecule has 1 aromatic heterocycles. The molecule has 0 radical (unpaired) electrons. The van der Waals surface area contributed by atoms with E-state index in [9.17, 15) is 5.11 Å². The Morgan fingerprint density at radius 3 is 2.55 bits per heavy atom. The van der Waals surface area contributed by atoms with Gasteiger partial charge in [0.2, 0.25) is 5.88 Å². The van der Waals surface area contributed by atoms with Crippen molar-refractivity contribution >= 4 is 0 Å². The maximum absolute atomic E-state index is 9.36. The summed E-state index contributed by atoms with van der Waals surface area (Å²) in [5.41, 5.74) is 2.95. The van der Waals surface area contributed by atoms with E-state index < -0.39 is 0 Å². The molecule has 11 heavy (non-hydrogen) atoms. The van der Waals surface area contributed by atoms with Gasteiger partial charge in [0.05, 0.1) is 0 Å². The highest BCUT2D eigenvalue weighted by Gasteiger charge is 2.03. The summed E-state index contributed by atoms with van der Waals surface area (Å²) in [6.07, 6.45) is 0.838. The number of aromatic hydroxyl groups is 1. The Bertz CT molecular complexity index is 245. The van der Waals surface area contributed by atoms with Gasteiger partial charge in [-0.3, -0.25) is 0 Å². The topological polar surface area (TPSA) is 33.1 Å². The minimum atomic E-state index is 0.185. The first-order valence-electron chi connectivity index (χ1n) is 3.81. The molecule has 1 N–H and O–H groups in total. The third kappa shape index (κ3) is 1.50. The SMILES string of the molecule is CCc1c(C)cc(C)nc1O. The van der Waals surface area contributed by atoms with Gasteiger partial charge in [-0.05, 0) is 31.9 Å². The maximum atomic E-state index is 9.36. The number of hydrogen-bond donors (Lipinski definition) is 1. The number of nitrogens with zero attached hydrogens (tertiary/aromatic N) is 1. The van der Waals surface area contributed by atoms with Crippen LogP contribution in [0.2, 0.25) is 0 Å². The molecule has 0 unspecified atom stereocenters. The van der Waals surface area contributed by atoms with Crippen LogP contribution in [0.5, 0.6) is 5.88 Å². The summed E-state index contributed by atoms with van der Waals surface area (Å²) in [6.45, 7) is 5.89. The average molecular weight is 151 g/mol. The lowest BCUT2D eigenvalue weighted by molar-refractivity contribution is 0.444. The molecule has 0 spiro atoms. The van der Waals surface area contributed by atoms with Gasteiger partial charge < -0.3 is 5.11 Å². The molecule has 1 aromatic rings. The van der Waals surface area contributed by atoms with Gasteiger partial charge in [-0.15, -0.1) is 0 Å². The summed E-state index contributed by atoms with van der Waals surface area (Å²) in [7, 11) is 0. The molecule has 0 saturated carbocycles. The van der Waals surface area contributed by atoms with E-state index in [-0.39, 0.29) is 5.88 Å². The summed E-state index contributed by atoms with van der Waals surface area (Å²) in [5.74, 6) is 0.185. The van der Waals surface area contributed by atoms with Crippen molar-refractivity contribution in [3.63, 3.8) is 0 Å². The zero-order chi connectivity index (χ0) is 8.43. The lowest BCUT2D eigenvalue weighted by Crippen LogP contribution is -1.92. The van der Waals surface area contributed by atoms with Crippen LogP contribution >= 0.6 is 0 Å². The molecule has 0 fully saturated rings. The van der Waals surface area contributed by atoms with Crippen molar-refractivity contribution in [1.29, 1.82) is 0 Å². The van der Waals surface area contributed by atoms with E-state index in [1.165, 1.54) is 0 Å². The summed E-state index contributed by atoms with van der Waals surface area (Å²) in [4.78, 5) is 3.96. The van der Waals surface area contributed by atoms with Crippen LogP contribution in [0, 0.1) is 13.8 Å². The van der Waals surface area contributed by atoms with Crippen LogP contribution in [0.3, 0.4) is 0 Å². The van der Waals surface area contributed by atoms with Crippen molar-refractivity contribution in [2.45, 2.75) is 27.2 Å². The molecule has 1 rings (SSSR count). The van der Waals surface area contributed by atoms with Crippen LogP contribution in [0.25, 0.3) is 0 Å². The van der Waals surface area contributed by atoms with Crippen molar-refractivity contribution < 1.29 is 5.11 Å². The first-order chi connectivity index (χ1) is 5.15. The predicted octanol–water partition coefficient (Wildman–Crippen LogP) is 1.97. The van der Waals surface area contributed by atoms with Gasteiger partial charge in [0.15, 0.2) is 0 Å². The predicted molar refractivity (Wildman–Crippen MR) is 44.8 cm³/mol. The van der Waals surface area contributed by atoms with Crippen molar-refractivity contribution in [2.24, 2.45) is 0 Å². The zero-order valence-corrected chi connectivity index (χ0v) is 7.18. The molecule has 60 valence electrons. The van der Waals surface area contributed by atoms with E-state index in [4.69, 9.17) is 0 Å². The van der Waals surface area contributed by atoms with Crippen LogP contribution < -0.4 is 0 Å². The lowest BCUT2D eigenvalue weighted by Gasteiger charge is -2.05. The Hall–Kier alpha value is -1.05. The molecule has 1 heterocycles. The second-order valence-electron chi connectivity index (χ2n) is 2.74.